The number of hydrogen-bond donors (Lipinski definition) is 1. The SMILES string of the molecule is Nc1nccnc1-c1nnc(-c2ccccc2)o1. The van der Waals surface area contributed by atoms with Crippen molar-refractivity contribution in [3.05, 3.63) is 42.7 Å². The molecule has 0 aliphatic rings. The Morgan fingerprint density at radius 3 is 2.39 bits per heavy atom. The molecule has 0 bridgehead atoms. The molecule has 6 heteroatoms. The quantitative estimate of drug-likeness (QED) is 0.732. The molecule has 3 rings (SSSR count). The van der Waals surface area contributed by atoms with Gasteiger partial charge in [0.1, 0.15) is 0 Å². The maximum atomic E-state index is 5.70. The number of nitrogens with two attached hydrogens (primary N) is 1. The Hall–Kier alpha value is -2.76. The summed E-state index contributed by atoms with van der Waals surface area (Å²) in [5.41, 5.74) is 6.94. The molecular formula is C12H9N5O. The fraction of sp³-hybridized carbons (Fsp3) is 0. The van der Waals surface area contributed by atoms with E-state index in [9.17, 15) is 0 Å². The van der Waals surface area contributed by atoms with E-state index in [2.05, 4.69) is 20.2 Å². The zero-order valence-electron chi connectivity index (χ0n) is 9.32. The summed E-state index contributed by atoms with van der Waals surface area (Å²) >= 11 is 0. The summed E-state index contributed by atoms with van der Waals surface area (Å²) in [5, 5.41) is 7.89. The molecule has 0 aliphatic heterocycles. The molecule has 0 fully saturated rings. The molecule has 0 saturated heterocycles. The summed E-state index contributed by atoms with van der Waals surface area (Å²) in [6.45, 7) is 0. The van der Waals surface area contributed by atoms with Gasteiger partial charge in [-0.3, -0.25) is 0 Å². The monoisotopic (exact) mass is 239 g/mol. The van der Waals surface area contributed by atoms with Gasteiger partial charge in [0.15, 0.2) is 11.5 Å². The molecule has 0 radical (unpaired) electrons. The molecular weight excluding hydrogens is 230 g/mol. The maximum Gasteiger partial charge on any atom is 0.270 e. The summed E-state index contributed by atoms with van der Waals surface area (Å²) in [4.78, 5) is 8.00. The molecule has 0 unspecified atom stereocenters. The highest BCUT2D eigenvalue weighted by molar-refractivity contribution is 5.63. The molecule has 0 spiro atoms. The van der Waals surface area contributed by atoms with Crippen LogP contribution in [-0.4, -0.2) is 20.2 Å². The maximum absolute atomic E-state index is 5.70. The largest absolute Gasteiger partial charge is 0.414 e. The normalized spacial score (nSPS) is 10.4. The Morgan fingerprint density at radius 1 is 0.889 bits per heavy atom. The van der Waals surface area contributed by atoms with Gasteiger partial charge in [0.25, 0.3) is 5.89 Å². The zero-order chi connectivity index (χ0) is 12.4. The van der Waals surface area contributed by atoms with Gasteiger partial charge >= 0.3 is 0 Å². The highest BCUT2D eigenvalue weighted by atomic mass is 16.4. The summed E-state index contributed by atoms with van der Waals surface area (Å²) in [6, 6.07) is 9.49. The van der Waals surface area contributed by atoms with Gasteiger partial charge in [-0.25, -0.2) is 9.97 Å². The van der Waals surface area contributed by atoms with E-state index in [1.54, 1.807) is 0 Å². The lowest BCUT2D eigenvalue weighted by atomic mass is 10.2. The average Bonchev–Trinajstić information content (AvgIpc) is 2.90. The van der Waals surface area contributed by atoms with Crippen LogP contribution in [0, 0.1) is 0 Å². The summed E-state index contributed by atoms with van der Waals surface area (Å²) < 4.78 is 5.53. The average molecular weight is 239 g/mol. The predicted octanol–water partition coefficient (Wildman–Crippen LogP) is 1.78. The molecule has 18 heavy (non-hydrogen) atoms. The van der Waals surface area contributed by atoms with E-state index in [4.69, 9.17) is 10.2 Å². The summed E-state index contributed by atoms with van der Waals surface area (Å²) in [5.74, 6) is 0.955. The summed E-state index contributed by atoms with van der Waals surface area (Å²) in [6.07, 6.45) is 3.03. The highest BCUT2D eigenvalue weighted by Gasteiger charge is 2.14. The fourth-order valence-corrected chi connectivity index (χ4v) is 1.53. The van der Waals surface area contributed by atoms with E-state index < -0.39 is 0 Å². The van der Waals surface area contributed by atoms with Crippen LogP contribution < -0.4 is 5.73 Å². The standard InChI is InChI=1S/C12H9N5O/c13-10-9(14-6-7-15-10)12-17-16-11(18-12)8-4-2-1-3-5-8/h1-7H,(H2,13,15). The van der Waals surface area contributed by atoms with Crippen LogP contribution >= 0.6 is 0 Å². The Kier molecular flexibility index (Phi) is 2.45. The van der Waals surface area contributed by atoms with Crippen LogP contribution in [0.4, 0.5) is 5.82 Å². The first kappa shape index (κ1) is 10.4. The van der Waals surface area contributed by atoms with E-state index >= 15 is 0 Å². The molecule has 0 aliphatic carbocycles. The van der Waals surface area contributed by atoms with Gasteiger partial charge in [-0.2, -0.15) is 0 Å². The lowest BCUT2D eigenvalue weighted by Gasteiger charge is -1.96. The Morgan fingerprint density at radius 2 is 1.61 bits per heavy atom. The van der Waals surface area contributed by atoms with Gasteiger partial charge in [-0.15, -0.1) is 10.2 Å². The smallest absolute Gasteiger partial charge is 0.270 e. The molecule has 0 saturated carbocycles. The number of anilines is 1. The number of aromatic nitrogens is 4. The Labute approximate surface area is 103 Å². The lowest BCUT2D eigenvalue weighted by Crippen LogP contribution is -1.95. The van der Waals surface area contributed by atoms with Gasteiger partial charge in [0.05, 0.1) is 0 Å². The molecule has 2 N–H and O–H groups in total. The minimum Gasteiger partial charge on any atom is -0.414 e. The summed E-state index contributed by atoms with van der Waals surface area (Å²) in [7, 11) is 0. The van der Waals surface area contributed by atoms with Crippen LogP contribution in [0.15, 0.2) is 47.1 Å². The molecule has 0 atom stereocenters. The molecule has 1 aromatic carbocycles. The Balaban J connectivity index is 2.03. The first-order valence-electron chi connectivity index (χ1n) is 5.30. The van der Waals surface area contributed by atoms with E-state index in [1.807, 2.05) is 30.3 Å². The third-order valence-corrected chi connectivity index (χ3v) is 2.37. The van der Waals surface area contributed by atoms with Crippen LogP contribution in [0.5, 0.6) is 0 Å². The van der Waals surface area contributed by atoms with Crippen molar-refractivity contribution in [2.45, 2.75) is 0 Å². The Bertz CT molecular complexity index is 665. The number of hydrogen-bond acceptors (Lipinski definition) is 6. The van der Waals surface area contributed by atoms with Crippen LogP contribution in [0.2, 0.25) is 0 Å². The van der Waals surface area contributed by atoms with Crippen LogP contribution in [-0.2, 0) is 0 Å². The van der Waals surface area contributed by atoms with Gasteiger partial charge in [0.2, 0.25) is 5.89 Å². The van der Waals surface area contributed by atoms with Crippen molar-refractivity contribution in [2.24, 2.45) is 0 Å². The van der Waals surface area contributed by atoms with Crippen LogP contribution in [0.25, 0.3) is 23.0 Å². The predicted molar refractivity (Wildman–Crippen MR) is 65.2 cm³/mol. The molecule has 6 nitrogen and oxygen atoms in total. The zero-order valence-corrected chi connectivity index (χ0v) is 9.32. The van der Waals surface area contributed by atoms with E-state index in [-0.39, 0.29) is 11.7 Å². The van der Waals surface area contributed by atoms with Gasteiger partial charge in [0, 0.05) is 18.0 Å². The molecule has 88 valence electrons. The van der Waals surface area contributed by atoms with Crippen molar-refractivity contribution < 1.29 is 4.42 Å². The van der Waals surface area contributed by atoms with Crippen molar-refractivity contribution in [1.29, 1.82) is 0 Å². The van der Waals surface area contributed by atoms with Gasteiger partial charge in [-0.05, 0) is 12.1 Å². The molecule has 3 aromatic rings. The molecule has 2 heterocycles. The number of benzene rings is 1. The highest BCUT2D eigenvalue weighted by Crippen LogP contribution is 2.24. The van der Waals surface area contributed by atoms with Crippen molar-refractivity contribution in [3.63, 3.8) is 0 Å². The minimum atomic E-state index is 0.263. The van der Waals surface area contributed by atoms with E-state index in [0.29, 0.717) is 11.6 Å². The second-order valence-electron chi connectivity index (χ2n) is 3.57. The van der Waals surface area contributed by atoms with E-state index in [1.165, 1.54) is 12.4 Å². The van der Waals surface area contributed by atoms with Crippen molar-refractivity contribution >= 4 is 5.82 Å². The van der Waals surface area contributed by atoms with Crippen LogP contribution in [0.1, 0.15) is 0 Å². The molecule has 2 aromatic heterocycles. The van der Waals surface area contributed by atoms with Gasteiger partial charge < -0.3 is 10.2 Å². The van der Waals surface area contributed by atoms with Crippen molar-refractivity contribution in [3.8, 4) is 23.0 Å². The lowest BCUT2D eigenvalue weighted by molar-refractivity contribution is 0.582. The third kappa shape index (κ3) is 1.80. The van der Waals surface area contributed by atoms with Gasteiger partial charge in [-0.1, -0.05) is 18.2 Å². The third-order valence-electron chi connectivity index (χ3n) is 2.37. The fourth-order valence-electron chi connectivity index (χ4n) is 1.53. The van der Waals surface area contributed by atoms with E-state index in [0.717, 1.165) is 5.56 Å². The number of nitrogen functional groups attached to an aromatic ring is 1. The second-order valence-corrected chi connectivity index (χ2v) is 3.57. The first-order chi connectivity index (χ1) is 8.84. The second kappa shape index (κ2) is 4.25. The molecule has 0 amide bonds. The first-order valence-corrected chi connectivity index (χ1v) is 5.30. The number of nitrogens with zero attached hydrogens (tertiary/aromatic N) is 4. The number of rotatable bonds is 2. The topological polar surface area (TPSA) is 90.7 Å². The van der Waals surface area contributed by atoms with Crippen molar-refractivity contribution in [2.75, 3.05) is 5.73 Å². The minimum absolute atomic E-state index is 0.263. The van der Waals surface area contributed by atoms with Crippen LogP contribution in [0.3, 0.4) is 0 Å². The van der Waals surface area contributed by atoms with Crippen molar-refractivity contribution in [1.82, 2.24) is 20.2 Å².